The molecule has 2 aliphatic heterocycles. The van der Waals surface area contributed by atoms with Gasteiger partial charge in [0.15, 0.2) is 0 Å². The van der Waals surface area contributed by atoms with Gasteiger partial charge >= 0.3 is 0 Å². The van der Waals surface area contributed by atoms with Crippen LogP contribution in [0.15, 0.2) is 24.3 Å². The number of hydrogen-bond acceptors (Lipinski definition) is 4. The lowest BCUT2D eigenvalue weighted by molar-refractivity contribution is -0.141. The van der Waals surface area contributed by atoms with Crippen LogP contribution in [0.3, 0.4) is 0 Å². The van der Waals surface area contributed by atoms with Crippen molar-refractivity contribution in [3.63, 3.8) is 0 Å². The lowest BCUT2D eigenvalue weighted by Crippen LogP contribution is -2.47. The molecule has 26 heavy (non-hydrogen) atoms. The SMILES string of the molecule is O=C(CCN1CCC(C(=O)N2CCOCC2)CC1)Nc1cccc(Cl)c1. The summed E-state index contributed by atoms with van der Waals surface area (Å²) in [6.07, 6.45) is 2.17. The van der Waals surface area contributed by atoms with E-state index >= 15 is 0 Å². The molecule has 142 valence electrons. The zero-order valence-electron chi connectivity index (χ0n) is 15.0. The van der Waals surface area contributed by atoms with Gasteiger partial charge in [0.1, 0.15) is 0 Å². The van der Waals surface area contributed by atoms with Crippen molar-refractivity contribution < 1.29 is 14.3 Å². The van der Waals surface area contributed by atoms with E-state index in [-0.39, 0.29) is 17.7 Å². The maximum absolute atomic E-state index is 12.5. The van der Waals surface area contributed by atoms with Crippen LogP contribution in [-0.4, -0.2) is 67.6 Å². The first-order chi connectivity index (χ1) is 12.6. The molecule has 0 aliphatic carbocycles. The number of ether oxygens (including phenoxy) is 1. The van der Waals surface area contributed by atoms with Crippen molar-refractivity contribution in [2.75, 3.05) is 51.3 Å². The Labute approximate surface area is 159 Å². The Hall–Kier alpha value is -1.63. The molecule has 0 spiro atoms. The largest absolute Gasteiger partial charge is 0.378 e. The van der Waals surface area contributed by atoms with E-state index in [1.165, 1.54) is 0 Å². The highest BCUT2D eigenvalue weighted by Gasteiger charge is 2.29. The molecule has 1 N–H and O–H groups in total. The molecule has 0 unspecified atom stereocenters. The quantitative estimate of drug-likeness (QED) is 0.852. The summed E-state index contributed by atoms with van der Waals surface area (Å²) in [6, 6.07) is 7.16. The third-order valence-corrected chi connectivity index (χ3v) is 5.26. The molecule has 1 aromatic rings. The predicted octanol–water partition coefficient (Wildman–Crippen LogP) is 2.24. The van der Waals surface area contributed by atoms with Gasteiger partial charge in [-0.15, -0.1) is 0 Å². The number of morpholine rings is 1. The molecule has 2 aliphatic rings. The lowest BCUT2D eigenvalue weighted by atomic mass is 9.95. The summed E-state index contributed by atoms with van der Waals surface area (Å²) in [5, 5.41) is 3.48. The molecule has 2 fully saturated rings. The van der Waals surface area contributed by atoms with Gasteiger partial charge in [0.2, 0.25) is 11.8 Å². The average molecular weight is 380 g/mol. The monoisotopic (exact) mass is 379 g/mol. The van der Waals surface area contributed by atoms with Gasteiger partial charge in [-0.1, -0.05) is 17.7 Å². The fourth-order valence-electron chi connectivity index (χ4n) is 3.49. The normalized spacial score (nSPS) is 19.3. The van der Waals surface area contributed by atoms with E-state index in [9.17, 15) is 9.59 Å². The molecule has 2 amide bonds. The smallest absolute Gasteiger partial charge is 0.225 e. The minimum absolute atomic E-state index is 0.0150. The third-order valence-electron chi connectivity index (χ3n) is 5.02. The van der Waals surface area contributed by atoms with Gasteiger partial charge in [0, 0.05) is 42.7 Å². The van der Waals surface area contributed by atoms with Gasteiger partial charge in [-0.3, -0.25) is 9.59 Å². The molecule has 0 radical (unpaired) electrons. The topological polar surface area (TPSA) is 61.9 Å². The molecular weight excluding hydrogens is 354 g/mol. The van der Waals surface area contributed by atoms with Gasteiger partial charge in [0.05, 0.1) is 13.2 Å². The summed E-state index contributed by atoms with van der Waals surface area (Å²) in [5.74, 6) is 0.370. The third kappa shape index (κ3) is 5.43. The van der Waals surface area contributed by atoms with Crippen molar-refractivity contribution in [3.05, 3.63) is 29.3 Å². The number of carbonyl (C=O) groups excluding carboxylic acids is 2. The van der Waals surface area contributed by atoms with Crippen molar-refractivity contribution in [3.8, 4) is 0 Å². The van der Waals surface area contributed by atoms with E-state index in [2.05, 4.69) is 10.2 Å². The Morgan fingerprint density at radius 3 is 2.58 bits per heavy atom. The number of benzene rings is 1. The molecular formula is C19H26ClN3O3. The number of piperidine rings is 1. The van der Waals surface area contributed by atoms with E-state index in [0.29, 0.717) is 44.3 Å². The molecule has 1 aromatic carbocycles. The van der Waals surface area contributed by atoms with Crippen molar-refractivity contribution in [2.45, 2.75) is 19.3 Å². The fraction of sp³-hybridized carbons (Fsp3) is 0.579. The number of likely N-dealkylation sites (tertiary alicyclic amines) is 1. The van der Waals surface area contributed by atoms with Gasteiger partial charge in [-0.25, -0.2) is 0 Å². The number of rotatable bonds is 5. The van der Waals surface area contributed by atoms with E-state index in [4.69, 9.17) is 16.3 Å². The molecule has 0 bridgehead atoms. The summed E-state index contributed by atoms with van der Waals surface area (Å²) >= 11 is 5.92. The second kappa shape index (κ2) is 9.35. The van der Waals surface area contributed by atoms with E-state index in [1.807, 2.05) is 17.0 Å². The maximum atomic E-state index is 12.5. The van der Waals surface area contributed by atoms with Crippen LogP contribution < -0.4 is 5.32 Å². The molecule has 6 nitrogen and oxygen atoms in total. The molecule has 0 atom stereocenters. The van der Waals surface area contributed by atoms with E-state index in [0.717, 1.165) is 31.6 Å². The maximum Gasteiger partial charge on any atom is 0.225 e. The minimum Gasteiger partial charge on any atom is -0.378 e. The zero-order chi connectivity index (χ0) is 18.4. The van der Waals surface area contributed by atoms with Crippen LogP contribution in [0, 0.1) is 5.92 Å². The van der Waals surface area contributed by atoms with E-state index < -0.39 is 0 Å². The highest BCUT2D eigenvalue weighted by molar-refractivity contribution is 6.30. The number of hydrogen-bond donors (Lipinski definition) is 1. The van der Waals surface area contributed by atoms with Crippen LogP contribution in [0.25, 0.3) is 0 Å². The fourth-order valence-corrected chi connectivity index (χ4v) is 3.69. The first kappa shape index (κ1) is 19.1. The average Bonchev–Trinajstić information content (AvgIpc) is 2.67. The molecule has 2 saturated heterocycles. The Balaban J connectivity index is 1.37. The molecule has 0 aromatic heterocycles. The summed E-state index contributed by atoms with van der Waals surface area (Å²) in [6.45, 7) is 5.16. The predicted molar refractivity (Wildman–Crippen MR) is 101 cm³/mol. The van der Waals surface area contributed by atoms with Gasteiger partial charge in [0.25, 0.3) is 0 Å². The van der Waals surface area contributed by atoms with Crippen molar-refractivity contribution in [1.29, 1.82) is 0 Å². The van der Waals surface area contributed by atoms with E-state index in [1.54, 1.807) is 12.1 Å². The number of halogens is 1. The minimum atomic E-state index is -0.0150. The van der Waals surface area contributed by atoms with Gasteiger partial charge in [-0.05, 0) is 44.1 Å². The van der Waals surface area contributed by atoms with Crippen LogP contribution in [0.4, 0.5) is 5.69 Å². The van der Waals surface area contributed by atoms with Crippen LogP contribution >= 0.6 is 11.6 Å². The van der Waals surface area contributed by atoms with Crippen LogP contribution in [0.5, 0.6) is 0 Å². The van der Waals surface area contributed by atoms with Gasteiger partial charge in [-0.2, -0.15) is 0 Å². The van der Waals surface area contributed by atoms with Crippen molar-refractivity contribution >= 4 is 29.1 Å². The number of carbonyl (C=O) groups is 2. The Bertz CT molecular complexity index is 626. The van der Waals surface area contributed by atoms with Crippen LogP contribution in [0.1, 0.15) is 19.3 Å². The Morgan fingerprint density at radius 1 is 1.15 bits per heavy atom. The van der Waals surface area contributed by atoms with Crippen LogP contribution in [-0.2, 0) is 14.3 Å². The molecule has 2 heterocycles. The second-order valence-electron chi connectivity index (χ2n) is 6.86. The number of nitrogens with one attached hydrogen (secondary N) is 1. The summed E-state index contributed by atoms with van der Waals surface area (Å²) in [5.41, 5.74) is 0.720. The highest BCUT2D eigenvalue weighted by Crippen LogP contribution is 2.21. The number of amides is 2. The summed E-state index contributed by atoms with van der Waals surface area (Å²) < 4.78 is 5.31. The second-order valence-corrected chi connectivity index (χ2v) is 7.30. The number of nitrogens with zero attached hydrogens (tertiary/aromatic N) is 2. The summed E-state index contributed by atoms with van der Waals surface area (Å²) in [7, 11) is 0. The van der Waals surface area contributed by atoms with Gasteiger partial charge < -0.3 is 19.9 Å². The molecule has 7 heteroatoms. The standard InChI is InChI=1S/C19H26ClN3O3/c20-16-2-1-3-17(14-16)21-18(24)6-9-22-7-4-15(5-8-22)19(25)23-10-12-26-13-11-23/h1-3,14-15H,4-13H2,(H,21,24). The lowest BCUT2D eigenvalue weighted by Gasteiger charge is -2.35. The summed E-state index contributed by atoms with van der Waals surface area (Å²) in [4.78, 5) is 28.8. The molecule has 0 saturated carbocycles. The molecule has 3 rings (SSSR count). The Morgan fingerprint density at radius 2 is 1.88 bits per heavy atom. The Kier molecular flexibility index (Phi) is 6.88. The van der Waals surface area contributed by atoms with Crippen molar-refractivity contribution in [2.24, 2.45) is 5.92 Å². The number of anilines is 1. The first-order valence-corrected chi connectivity index (χ1v) is 9.64. The first-order valence-electron chi connectivity index (χ1n) is 9.26. The van der Waals surface area contributed by atoms with Crippen molar-refractivity contribution in [1.82, 2.24) is 9.80 Å². The van der Waals surface area contributed by atoms with Crippen LogP contribution in [0.2, 0.25) is 5.02 Å². The highest BCUT2D eigenvalue weighted by atomic mass is 35.5. The zero-order valence-corrected chi connectivity index (χ0v) is 15.7.